The van der Waals surface area contributed by atoms with Gasteiger partial charge < -0.3 is 19.9 Å². The molecule has 6 heteroatoms. The summed E-state index contributed by atoms with van der Waals surface area (Å²) >= 11 is 0. The quantitative estimate of drug-likeness (QED) is 0.507. The van der Waals surface area contributed by atoms with Crippen LogP contribution in [0.15, 0.2) is 24.3 Å². The minimum atomic E-state index is -1.08. The van der Waals surface area contributed by atoms with Crippen LogP contribution in [0.3, 0.4) is 0 Å². The van der Waals surface area contributed by atoms with Gasteiger partial charge in [0.2, 0.25) is 5.91 Å². The van der Waals surface area contributed by atoms with Crippen molar-refractivity contribution in [1.82, 2.24) is 5.32 Å². The highest BCUT2D eigenvalue weighted by Gasteiger charge is 2.11. The van der Waals surface area contributed by atoms with Crippen LogP contribution in [0.5, 0.6) is 11.5 Å². The summed E-state index contributed by atoms with van der Waals surface area (Å²) < 4.78 is 11.0. The van der Waals surface area contributed by atoms with Crippen molar-refractivity contribution < 1.29 is 24.2 Å². The molecule has 1 amide bonds. The van der Waals surface area contributed by atoms with Gasteiger partial charge in [0.15, 0.2) is 11.5 Å². The third-order valence-corrected chi connectivity index (χ3v) is 3.35. The van der Waals surface area contributed by atoms with Crippen LogP contribution in [0, 0.1) is 0 Å². The Labute approximate surface area is 142 Å². The first-order valence-corrected chi connectivity index (χ1v) is 8.00. The molecule has 0 bridgehead atoms. The van der Waals surface area contributed by atoms with Gasteiger partial charge in [0.25, 0.3) is 0 Å². The minimum Gasteiger partial charge on any atom is -0.493 e. The first-order chi connectivity index (χ1) is 11.5. The average molecular weight is 335 g/mol. The Kier molecular flexibility index (Phi) is 8.39. The molecule has 2 N–H and O–H groups in total. The molecule has 1 atom stereocenters. The van der Waals surface area contributed by atoms with Crippen LogP contribution >= 0.6 is 0 Å². The van der Waals surface area contributed by atoms with E-state index in [2.05, 4.69) is 12.2 Å². The molecule has 6 nitrogen and oxygen atoms in total. The number of amides is 1. The van der Waals surface area contributed by atoms with Crippen molar-refractivity contribution in [3.8, 4) is 11.5 Å². The highest BCUT2D eigenvalue weighted by atomic mass is 16.5. The second-order valence-electron chi connectivity index (χ2n) is 5.37. The van der Waals surface area contributed by atoms with E-state index in [1.807, 2.05) is 6.07 Å². The van der Waals surface area contributed by atoms with Crippen molar-refractivity contribution in [2.24, 2.45) is 0 Å². The SMILES string of the molecule is CCCCCOc1ccc(/C=C/C(=O)N[C@H](C)C(=O)O)cc1OC. The number of carboxylic acids is 1. The van der Waals surface area contributed by atoms with Gasteiger partial charge >= 0.3 is 5.97 Å². The van der Waals surface area contributed by atoms with Gasteiger partial charge in [-0.05, 0) is 37.1 Å². The number of carbonyl (C=O) groups is 2. The van der Waals surface area contributed by atoms with Crippen LogP contribution in [0.1, 0.15) is 38.7 Å². The fraction of sp³-hybridized carbons (Fsp3) is 0.444. The third-order valence-electron chi connectivity index (χ3n) is 3.35. The number of hydrogen-bond acceptors (Lipinski definition) is 4. The van der Waals surface area contributed by atoms with E-state index in [1.54, 1.807) is 25.3 Å². The van der Waals surface area contributed by atoms with E-state index in [9.17, 15) is 9.59 Å². The normalized spacial score (nSPS) is 12.0. The minimum absolute atomic E-state index is 0.469. The van der Waals surface area contributed by atoms with Gasteiger partial charge in [0, 0.05) is 6.08 Å². The number of rotatable bonds is 10. The Hall–Kier alpha value is -2.50. The van der Waals surface area contributed by atoms with Crippen molar-refractivity contribution in [2.75, 3.05) is 13.7 Å². The molecule has 24 heavy (non-hydrogen) atoms. The monoisotopic (exact) mass is 335 g/mol. The summed E-state index contributed by atoms with van der Waals surface area (Å²) in [6.07, 6.45) is 6.12. The number of carboxylic acid groups (broad SMARTS) is 1. The summed E-state index contributed by atoms with van der Waals surface area (Å²) in [5.74, 6) is -0.297. The summed E-state index contributed by atoms with van der Waals surface area (Å²) in [5.41, 5.74) is 0.755. The Morgan fingerprint density at radius 1 is 1.29 bits per heavy atom. The number of aliphatic carboxylic acids is 1. The molecule has 0 fully saturated rings. The van der Waals surface area contributed by atoms with Crippen LogP contribution in [-0.4, -0.2) is 36.7 Å². The van der Waals surface area contributed by atoms with Crippen LogP contribution in [0.4, 0.5) is 0 Å². The number of benzene rings is 1. The third kappa shape index (κ3) is 6.73. The second kappa shape index (κ2) is 10.3. The molecule has 0 aliphatic rings. The van der Waals surface area contributed by atoms with E-state index in [1.165, 1.54) is 13.0 Å². The molecular formula is C18H25NO5. The van der Waals surface area contributed by atoms with Crippen molar-refractivity contribution in [2.45, 2.75) is 39.2 Å². The van der Waals surface area contributed by atoms with Gasteiger partial charge in [0.1, 0.15) is 6.04 Å². The number of methoxy groups -OCH3 is 1. The molecule has 0 unspecified atom stereocenters. The largest absolute Gasteiger partial charge is 0.493 e. The Balaban J connectivity index is 2.67. The summed E-state index contributed by atoms with van der Waals surface area (Å²) in [6, 6.07) is 4.43. The predicted octanol–water partition coefficient (Wildman–Crippen LogP) is 2.87. The number of unbranched alkanes of at least 4 members (excludes halogenated alkanes) is 2. The lowest BCUT2D eigenvalue weighted by atomic mass is 10.2. The Bertz CT molecular complexity index is 583. The molecule has 1 rings (SSSR count). The van der Waals surface area contributed by atoms with Gasteiger partial charge in [-0.15, -0.1) is 0 Å². The molecule has 0 heterocycles. The number of nitrogens with one attached hydrogen (secondary N) is 1. The molecule has 1 aromatic rings. The van der Waals surface area contributed by atoms with Crippen LogP contribution in [0.2, 0.25) is 0 Å². The molecule has 132 valence electrons. The molecule has 0 aromatic heterocycles. The fourth-order valence-electron chi connectivity index (χ4n) is 1.94. The summed E-state index contributed by atoms with van der Waals surface area (Å²) in [5, 5.41) is 11.1. The lowest BCUT2D eigenvalue weighted by Gasteiger charge is -2.11. The zero-order chi connectivity index (χ0) is 17.9. The highest BCUT2D eigenvalue weighted by molar-refractivity contribution is 5.94. The number of carbonyl (C=O) groups excluding carboxylic acids is 1. The maximum absolute atomic E-state index is 11.6. The van der Waals surface area contributed by atoms with Gasteiger partial charge in [-0.1, -0.05) is 25.8 Å². The molecule has 0 saturated carbocycles. The number of hydrogen-bond donors (Lipinski definition) is 2. The van der Waals surface area contributed by atoms with Gasteiger partial charge in [0.05, 0.1) is 13.7 Å². The molecule has 0 aliphatic heterocycles. The lowest BCUT2D eigenvalue weighted by Crippen LogP contribution is -2.37. The molecule has 0 radical (unpaired) electrons. The Morgan fingerprint density at radius 2 is 2.04 bits per heavy atom. The zero-order valence-electron chi connectivity index (χ0n) is 14.4. The van der Waals surface area contributed by atoms with Crippen molar-refractivity contribution in [3.63, 3.8) is 0 Å². The summed E-state index contributed by atoms with van der Waals surface area (Å²) in [6.45, 7) is 4.17. The molecular weight excluding hydrogens is 310 g/mol. The molecule has 0 aliphatic carbocycles. The van der Waals surface area contributed by atoms with Crippen LogP contribution < -0.4 is 14.8 Å². The zero-order valence-corrected chi connectivity index (χ0v) is 14.4. The van der Waals surface area contributed by atoms with Gasteiger partial charge in [-0.3, -0.25) is 9.59 Å². The second-order valence-corrected chi connectivity index (χ2v) is 5.37. The highest BCUT2D eigenvalue weighted by Crippen LogP contribution is 2.28. The van der Waals surface area contributed by atoms with E-state index in [0.29, 0.717) is 18.1 Å². The molecule has 1 aromatic carbocycles. The van der Waals surface area contributed by atoms with E-state index >= 15 is 0 Å². The van der Waals surface area contributed by atoms with E-state index in [-0.39, 0.29) is 0 Å². The van der Waals surface area contributed by atoms with Gasteiger partial charge in [-0.2, -0.15) is 0 Å². The summed E-state index contributed by atoms with van der Waals surface area (Å²) in [7, 11) is 1.56. The molecule has 0 saturated heterocycles. The lowest BCUT2D eigenvalue weighted by molar-refractivity contribution is -0.140. The van der Waals surface area contributed by atoms with E-state index in [4.69, 9.17) is 14.6 Å². The fourth-order valence-corrected chi connectivity index (χ4v) is 1.94. The maximum atomic E-state index is 11.6. The molecule has 0 spiro atoms. The summed E-state index contributed by atoms with van der Waals surface area (Å²) in [4.78, 5) is 22.3. The van der Waals surface area contributed by atoms with Crippen LogP contribution in [0.25, 0.3) is 6.08 Å². The smallest absolute Gasteiger partial charge is 0.325 e. The maximum Gasteiger partial charge on any atom is 0.325 e. The first-order valence-electron chi connectivity index (χ1n) is 8.00. The van der Waals surface area contributed by atoms with Crippen LogP contribution in [-0.2, 0) is 9.59 Å². The van der Waals surface area contributed by atoms with E-state index < -0.39 is 17.9 Å². The van der Waals surface area contributed by atoms with Crippen molar-refractivity contribution in [3.05, 3.63) is 29.8 Å². The van der Waals surface area contributed by atoms with E-state index in [0.717, 1.165) is 24.8 Å². The average Bonchev–Trinajstić information content (AvgIpc) is 2.57. The number of ether oxygens (including phenoxy) is 2. The topological polar surface area (TPSA) is 84.9 Å². The Morgan fingerprint density at radius 3 is 2.67 bits per heavy atom. The standard InChI is InChI=1S/C18H25NO5/c1-4-5-6-11-24-15-9-7-14(12-16(15)23-3)8-10-17(20)19-13(2)18(21)22/h7-10,12-13H,4-6,11H2,1-3H3,(H,19,20)(H,21,22)/b10-8+/t13-/m1/s1. The van der Waals surface area contributed by atoms with Crippen molar-refractivity contribution in [1.29, 1.82) is 0 Å². The van der Waals surface area contributed by atoms with Crippen molar-refractivity contribution >= 4 is 18.0 Å². The van der Waals surface area contributed by atoms with Gasteiger partial charge in [-0.25, -0.2) is 0 Å². The first kappa shape index (κ1) is 19.5. The predicted molar refractivity (Wildman–Crippen MR) is 92.3 cm³/mol.